The molecule has 7 heteroatoms. The van der Waals surface area contributed by atoms with Gasteiger partial charge in [-0.15, -0.1) is 0 Å². The highest BCUT2D eigenvalue weighted by Crippen LogP contribution is 2.43. The summed E-state index contributed by atoms with van der Waals surface area (Å²) >= 11 is 0. The molecule has 156 valence electrons. The van der Waals surface area contributed by atoms with E-state index in [1.165, 1.54) is 7.11 Å². The van der Waals surface area contributed by atoms with Crippen molar-refractivity contribution >= 4 is 24.1 Å². The molecule has 0 spiro atoms. The van der Waals surface area contributed by atoms with Gasteiger partial charge in [-0.05, 0) is 70.0 Å². The van der Waals surface area contributed by atoms with Gasteiger partial charge in [0.05, 0.1) is 18.2 Å². The second-order valence-electron chi connectivity index (χ2n) is 7.92. The van der Waals surface area contributed by atoms with Gasteiger partial charge < -0.3 is 23.0 Å². The molecule has 3 heterocycles. The number of ether oxygens (including phenoxy) is 1. The molecule has 0 bridgehead atoms. The summed E-state index contributed by atoms with van der Waals surface area (Å²) in [6, 6.07) is 9.71. The Labute approximate surface area is 177 Å². The average molecular weight is 406 g/mol. The maximum atomic E-state index is 11.9. The third-order valence-electron chi connectivity index (χ3n) is 6.17. The predicted octanol–water partition coefficient (Wildman–Crippen LogP) is 3.67. The number of hydrogen-bond acceptors (Lipinski definition) is 4. The van der Waals surface area contributed by atoms with Gasteiger partial charge in [-0.2, -0.15) is 0 Å². The minimum Gasteiger partial charge on any atom is -0.486 e. The number of esters is 1. The zero-order chi connectivity index (χ0) is 21.8. The Hall–Kier alpha value is -2.90. The zero-order valence-electron chi connectivity index (χ0n) is 18.6. The molecule has 0 unspecified atom stereocenters. The van der Waals surface area contributed by atoms with Crippen LogP contribution in [0.2, 0.25) is 0 Å². The van der Waals surface area contributed by atoms with E-state index in [0.717, 1.165) is 45.1 Å². The summed E-state index contributed by atoms with van der Waals surface area (Å²) in [5, 5.41) is 0. The number of allylic oxidation sites excluding steroid dienone is 2. The Morgan fingerprint density at radius 1 is 1.00 bits per heavy atom. The molecule has 2 aromatic rings. The third-order valence-corrected chi connectivity index (χ3v) is 6.17. The van der Waals surface area contributed by atoms with Crippen molar-refractivity contribution in [3.05, 3.63) is 75.8 Å². The zero-order valence-corrected chi connectivity index (χ0v) is 18.6. The molecule has 0 saturated heterocycles. The summed E-state index contributed by atoms with van der Waals surface area (Å²) in [4.78, 5) is 11.9. The molecule has 0 saturated carbocycles. The molecule has 0 amide bonds. The normalized spacial score (nSPS) is 17.1. The Balaban J connectivity index is 2.08. The van der Waals surface area contributed by atoms with E-state index in [9.17, 15) is 4.79 Å². The topological polar surface area (TPSA) is 52.7 Å². The number of methoxy groups -OCH3 is 1. The third kappa shape index (κ3) is 2.59. The van der Waals surface area contributed by atoms with Crippen LogP contribution in [-0.4, -0.2) is 48.8 Å². The van der Waals surface area contributed by atoms with E-state index in [2.05, 4.69) is 48.8 Å². The molecular weight excluding hydrogens is 379 g/mol. The van der Waals surface area contributed by atoms with Gasteiger partial charge in [-0.1, -0.05) is 12.1 Å². The molecule has 6 nitrogen and oxygen atoms in total. The molecule has 30 heavy (non-hydrogen) atoms. The van der Waals surface area contributed by atoms with Crippen LogP contribution in [0.15, 0.2) is 47.7 Å². The first-order chi connectivity index (χ1) is 14.3. The second-order valence-corrected chi connectivity index (χ2v) is 7.92. The number of hydrogen-bond donors (Lipinski definition) is 0. The summed E-state index contributed by atoms with van der Waals surface area (Å²) < 4.78 is 21.4. The average Bonchev–Trinajstić information content (AvgIpc) is 3.22. The lowest BCUT2D eigenvalue weighted by atomic mass is 9.78. The van der Waals surface area contributed by atoms with Crippen molar-refractivity contribution in [3.8, 4) is 0 Å². The van der Waals surface area contributed by atoms with Gasteiger partial charge >= 0.3 is 12.8 Å². The summed E-state index contributed by atoms with van der Waals surface area (Å²) in [5.74, 6) is -0.345. The monoisotopic (exact) mass is 406 g/mol. The standard InChI is InChI=1S/C23H27BN2O4/c1-14-12-16(3)25-21(14)20(18-8-10-19(11-9-18)23(27)28-5)22-15(2)13-17(4)26(22)24(25,29-6)30-7/h8-13H,1-7H3. The molecule has 0 radical (unpaired) electrons. The first-order valence-electron chi connectivity index (χ1n) is 9.99. The summed E-state index contributed by atoms with van der Waals surface area (Å²) in [7, 11) is 4.77. The van der Waals surface area contributed by atoms with Gasteiger partial charge in [-0.3, -0.25) is 0 Å². The van der Waals surface area contributed by atoms with Crippen LogP contribution >= 0.6 is 0 Å². The number of fused-ring (bicyclic) bond motifs is 2. The van der Waals surface area contributed by atoms with E-state index in [4.69, 9.17) is 14.0 Å². The molecule has 0 N–H and O–H groups in total. The van der Waals surface area contributed by atoms with Crippen LogP contribution in [-0.2, 0) is 14.0 Å². The minimum absolute atomic E-state index is 0.345. The lowest BCUT2D eigenvalue weighted by Crippen LogP contribution is -2.61. The molecule has 0 fully saturated rings. The Bertz CT molecular complexity index is 1150. The molecule has 1 aromatic heterocycles. The number of benzene rings is 1. The van der Waals surface area contributed by atoms with Crippen LogP contribution < -0.4 is 0 Å². The summed E-state index contributed by atoms with van der Waals surface area (Å²) in [6.07, 6.45) is 2.16. The molecule has 0 aliphatic carbocycles. The minimum atomic E-state index is -1.96. The molecule has 0 atom stereocenters. The highest BCUT2D eigenvalue weighted by atomic mass is 16.6. The Morgan fingerprint density at radius 3 is 2.20 bits per heavy atom. The molecular formula is C23H27BN2O4. The summed E-state index contributed by atoms with van der Waals surface area (Å²) in [6.45, 7) is 6.39. The van der Waals surface area contributed by atoms with Gasteiger partial charge in [0.2, 0.25) is 0 Å². The van der Waals surface area contributed by atoms with Crippen molar-refractivity contribution in [2.24, 2.45) is 0 Å². The van der Waals surface area contributed by atoms with E-state index >= 15 is 0 Å². The lowest BCUT2D eigenvalue weighted by molar-refractivity contribution is -0.382. The number of carbonyl (C=O) groups is 1. The van der Waals surface area contributed by atoms with Gasteiger partial charge in [-0.25, -0.2) is 4.79 Å². The second kappa shape index (κ2) is 7.11. The van der Waals surface area contributed by atoms with E-state index in [1.807, 2.05) is 12.1 Å². The number of nitrogens with zero attached hydrogens (tertiary/aromatic N) is 2. The molecule has 1 aromatic carbocycles. The van der Waals surface area contributed by atoms with E-state index in [1.54, 1.807) is 26.4 Å². The fraction of sp³-hybridized carbons (Fsp3) is 0.304. The largest absolute Gasteiger partial charge is 0.665 e. The van der Waals surface area contributed by atoms with Gasteiger partial charge in [0, 0.05) is 24.3 Å². The maximum absolute atomic E-state index is 11.9. The summed E-state index contributed by atoms with van der Waals surface area (Å²) in [5.41, 5.74) is 9.17. The van der Waals surface area contributed by atoms with Crippen molar-refractivity contribution in [3.63, 3.8) is 0 Å². The van der Waals surface area contributed by atoms with Crippen molar-refractivity contribution in [2.75, 3.05) is 21.3 Å². The van der Waals surface area contributed by atoms with Crippen LogP contribution in [0, 0.1) is 13.8 Å². The van der Waals surface area contributed by atoms with E-state index in [0.29, 0.717) is 5.56 Å². The fourth-order valence-electron chi connectivity index (χ4n) is 5.02. The first kappa shape index (κ1) is 20.4. The van der Waals surface area contributed by atoms with Gasteiger partial charge in [0.25, 0.3) is 0 Å². The van der Waals surface area contributed by atoms with Crippen molar-refractivity contribution in [2.45, 2.75) is 27.7 Å². The van der Waals surface area contributed by atoms with Crippen LogP contribution in [0.25, 0.3) is 5.57 Å². The van der Waals surface area contributed by atoms with E-state index in [-0.39, 0.29) is 5.97 Å². The quantitative estimate of drug-likeness (QED) is 0.574. The fourth-order valence-corrected chi connectivity index (χ4v) is 5.02. The van der Waals surface area contributed by atoms with Crippen LogP contribution in [0.1, 0.15) is 46.7 Å². The van der Waals surface area contributed by atoms with Crippen molar-refractivity contribution < 1.29 is 23.3 Å². The van der Waals surface area contributed by atoms with Crippen molar-refractivity contribution in [1.29, 1.82) is 0 Å². The first-order valence-corrected chi connectivity index (χ1v) is 9.99. The highest BCUT2D eigenvalue weighted by Gasteiger charge is 2.55. The number of aryl methyl sites for hydroxylation is 2. The SMILES string of the molecule is COC(=O)c1ccc(C2=C3C(C)=CC(C)=[N+]3[B-](OC)(OC)n3c(C)cc(C)c32)cc1. The van der Waals surface area contributed by atoms with Crippen LogP contribution in [0.4, 0.5) is 0 Å². The highest BCUT2D eigenvalue weighted by molar-refractivity contribution is 6.59. The molecule has 4 rings (SSSR count). The molecule has 2 aliphatic heterocycles. The maximum Gasteiger partial charge on any atom is 0.665 e. The smallest absolute Gasteiger partial charge is 0.486 e. The van der Waals surface area contributed by atoms with Crippen LogP contribution in [0.3, 0.4) is 0 Å². The Morgan fingerprint density at radius 2 is 1.63 bits per heavy atom. The van der Waals surface area contributed by atoms with Gasteiger partial charge in [0.15, 0.2) is 5.70 Å². The number of rotatable bonds is 4. The van der Waals surface area contributed by atoms with Crippen LogP contribution in [0.5, 0.6) is 0 Å². The Kier molecular flexibility index (Phi) is 4.83. The van der Waals surface area contributed by atoms with Crippen molar-refractivity contribution in [1.82, 2.24) is 4.48 Å². The number of aromatic nitrogens is 1. The number of carbonyl (C=O) groups excluding carboxylic acids is 1. The predicted molar refractivity (Wildman–Crippen MR) is 118 cm³/mol. The van der Waals surface area contributed by atoms with Gasteiger partial charge in [0.1, 0.15) is 5.71 Å². The molecule has 2 aliphatic rings. The lowest BCUT2D eigenvalue weighted by Gasteiger charge is -2.41. The van der Waals surface area contributed by atoms with E-state index < -0.39 is 6.82 Å².